The Hall–Kier alpha value is -0.500. The number of aryl methyl sites for hydroxylation is 1. The molecular formula is C9H13NS. The first-order chi connectivity index (χ1) is 5.34. The number of rotatable bonds is 3. The summed E-state index contributed by atoms with van der Waals surface area (Å²) in [6.07, 6.45) is 3.06. The van der Waals surface area contributed by atoms with Crippen LogP contribution in [0.4, 0.5) is 0 Å². The standard InChI is InChI=1S/C9H13NS/c1-3-7-11-9-5-4-6-10-8(9)2/h4-6H,3,7H2,1-2H3. The van der Waals surface area contributed by atoms with Crippen molar-refractivity contribution in [2.45, 2.75) is 25.2 Å². The summed E-state index contributed by atoms with van der Waals surface area (Å²) in [7, 11) is 0. The Balaban J connectivity index is 2.62. The Morgan fingerprint density at radius 1 is 1.55 bits per heavy atom. The van der Waals surface area contributed by atoms with E-state index < -0.39 is 0 Å². The van der Waals surface area contributed by atoms with E-state index in [1.807, 2.05) is 24.0 Å². The smallest absolute Gasteiger partial charge is 0.0508 e. The molecule has 0 spiro atoms. The first-order valence-electron chi connectivity index (χ1n) is 3.89. The summed E-state index contributed by atoms with van der Waals surface area (Å²) in [4.78, 5) is 5.53. The SMILES string of the molecule is CCCSc1cccnc1C. The van der Waals surface area contributed by atoms with E-state index in [-0.39, 0.29) is 0 Å². The summed E-state index contributed by atoms with van der Waals surface area (Å²) in [5, 5.41) is 0. The number of hydrogen-bond donors (Lipinski definition) is 0. The van der Waals surface area contributed by atoms with Crippen LogP contribution in [0.2, 0.25) is 0 Å². The van der Waals surface area contributed by atoms with Crippen molar-refractivity contribution < 1.29 is 0 Å². The highest BCUT2D eigenvalue weighted by Crippen LogP contribution is 2.20. The van der Waals surface area contributed by atoms with E-state index in [0.717, 1.165) is 5.69 Å². The molecule has 0 aliphatic rings. The van der Waals surface area contributed by atoms with E-state index in [9.17, 15) is 0 Å². The van der Waals surface area contributed by atoms with Crippen LogP contribution in [0.3, 0.4) is 0 Å². The third-order valence-corrected chi connectivity index (χ3v) is 2.78. The molecule has 0 saturated carbocycles. The fourth-order valence-corrected chi connectivity index (χ4v) is 1.69. The number of hydrogen-bond acceptors (Lipinski definition) is 2. The van der Waals surface area contributed by atoms with Crippen molar-refractivity contribution in [2.24, 2.45) is 0 Å². The largest absolute Gasteiger partial charge is 0.260 e. The van der Waals surface area contributed by atoms with Crippen LogP contribution < -0.4 is 0 Å². The lowest BCUT2D eigenvalue weighted by atomic mass is 10.4. The highest BCUT2D eigenvalue weighted by Gasteiger charge is 1.96. The Kier molecular flexibility index (Phi) is 3.43. The van der Waals surface area contributed by atoms with Crippen LogP contribution in [0.5, 0.6) is 0 Å². The Labute approximate surface area is 72.2 Å². The molecule has 0 aliphatic heterocycles. The van der Waals surface area contributed by atoms with Gasteiger partial charge in [0, 0.05) is 11.1 Å². The first kappa shape index (κ1) is 8.60. The summed E-state index contributed by atoms with van der Waals surface area (Å²) >= 11 is 1.88. The van der Waals surface area contributed by atoms with Crippen molar-refractivity contribution in [3.05, 3.63) is 24.0 Å². The number of pyridine rings is 1. The molecule has 0 bridgehead atoms. The second kappa shape index (κ2) is 4.39. The van der Waals surface area contributed by atoms with Gasteiger partial charge in [-0.1, -0.05) is 6.92 Å². The van der Waals surface area contributed by atoms with Crippen molar-refractivity contribution in [3.63, 3.8) is 0 Å². The van der Waals surface area contributed by atoms with Crippen molar-refractivity contribution in [2.75, 3.05) is 5.75 Å². The molecule has 1 aromatic rings. The molecule has 0 saturated heterocycles. The van der Waals surface area contributed by atoms with E-state index in [2.05, 4.69) is 24.9 Å². The molecule has 1 rings (SSSR count). The molecule has 0 aliphatic carbocycles. The molecule has 11 heavy (non-hydrogen) atoms. The van der Waals surface area contributed by atoms with Crippen molar-refractivity contribution in [1.29, 1.82) is 0 Å². The molecule has 60 valence electrons. The van der Waals surface area contributed by atoms with Gasteiger partial charge in [0.2, 0.25) is 0 Å². The molecule has 1 aromatic heterocycles. The molecule has 0 N–H and O–H groups in total. The molecule has 2 heteroatoms. The van der Waals surface area contributed by atoms with Crippen LogP contribution in [-0.2, 0) is 0 Å². The van der Waals surface area contributed by atoms with E-state index in [1.54, 1.807) is 0 Å². The maximum Gasteiger partial charge on any atom is 0.0508 e. The first-order valence-corrected chi connectivity index (χ1v) is 4.87. The van der Waals surface area contributed by atoms with Crippen LogP contribution in [0, 0.1) is 6.92 Å². The van der Waals surface area contributed by atoms with E-state index >= 15 is 0 Å². The molecule has 0 atom stereocenters. The normalized spacial score (nSPS) is 10.0. The average molecular weight is 167 g/mol. The summed E-state index contributed by atoms with van der Waals surface area (Å²) < 4.78 is 0. The molecule has 0 fully saturated rings. The minimum Gasteiger partial charge on any atom is -0.260 e. The zero-order chi connectivity index (χ0) is 8.10. The molecule has 1 nitrogen and oxygen atoms in total. The maximum absolute atomic E-state index is 4.21. The number of aromatic nitrogens is 1. The van der Waals surface area contributed by atoms with Crippen molar-refractivity contribution in [1.82, 2.24) is 4.98 Å². The van der Waals surface area contributed by atoms with Gasteiger partial charge >= 0.3 is 0 Å². The number of nitrogens with zero attached hydrogens (tertiary/aromatic N) is 1. The molecule has 0 radical (unpaired) electrons. The van der Waals surface area contributed by atoms with Gasteiger partial charge in [-0.25, -0.2) is 0 Å². The minimum atomic E-state index is 1.14. The van der Waals surface area contributed by atoms with Gasteiger partial charge in [-0.3, -0.25) is 4.98 Å². The van der Waals surface area contributed by atoms with Gasteiger partial charge in [0.25, 0.3) is 0 Å². The van der Waals surface area contributed by atoms with Crippen molar-refractivity contribution >= 4 is 11.8 Å². The highest BCUT2D eigenvalue weighted by molar-refractivity contribution is 7.99. The zero-order valence-corrected chi connectivity index (χ0v) is 7.82. The zero-order valence-electron chi connectivity index (χ0n) is 7.00. The van der Waals surface area contributed by atoms with Gasteiger partial charge in [0.15, 0.2) is 0 Å². The van der Waals surface area contributed by atoms with Crippen LogP contribution in [-0.4, -0.2) is 10.7 Å². The third-order valence-electron chi connectivity index (χ3n) is 1.42. The second-order valence-electron chi connectivity index (χ2n) is 2.44. The van der Waals surface area contributed by atoms with Crippen LogP contribution >= 0.6 is 11.8 Å². The van der Waals surface area contributed by atoms with Gasteiger partial charge in [-0.15, -0.1) is 11.8 Å². The lowest BCUT2D eigenvalue weighted by Crippen LogP contribution is -1.84. The van der Waals surface area contributed by atoms with Gasteiger partial charge in [-0.2, -0.15) is 0 Å². The predicted molar refractivity (Wildman–Crippen MR) is 50.0 cm³/mol. The van der Waals surface area contributed by atoms with E-state index in [4.69, 9.17) is 0 Å². The van der Waals surface area contributed by atoms with E-state index in [0.29, 0.717) is 0 Å². The minimum absolute atomic E-state index is 1.14. The average Bonchev–Trinajstić information content (AvgIpc) is 2.03. The lowest BCUT2D eigenvalue weighted by molar-refractivity contribution is 1.08. The van der Waals surface area contributed by atoms with Gasteiger partial charge in [0.05, 0.1) is 5.69 Å². The molecule has 1 heterocycles. The summed E-state index contributed by atoms with van der Waals surface area (Å²) in [6.45, 7) is 4.25. The lowest BCUT2D eigenvalue weighted by Gasteiger charge is -2.01. The molecule has 0 unspecified atom stereocenters. The summed E-state index contributed by atoms with van der Waals surface area (Å²) in [5.74, 6) is 1.19. The molecule has 0 amide bonds. The van der Waals surface area contributed by atoms with E-state index in [1.165, 1.54) is 17.1 Å². The maximum atomic E-state index is 4.21. The Morgan fingerprint density at radius 2 is 2.36 bits per heavy atom. The topological polar surface area (TPSA) is 12.9 Å². The van der Waals surface area contributed by atoms with Gasteiger partial charge in [-0.05, 0) is 31.2 Å². The monoisotopic (exact) mass is 167 g/mol. The Bertz CT molecular complexity index is 223. The summed E-state index contributed by atoms with van der Waals surface area (Å²) in [5.41, 5.74) is 1.14. The highest BCUT2D eigenvalue weighted by atomic mass is 32.2. The quantitative estimate of drug-likeness (QED) is 0.642. The fourth-order valence-electron chi connectivity index (χ4n) is 0.834. The fraction of sp³-hybridized carbons (Fsp3) is 0.444. The van der Waals surface area contributed by atoms with Crippen LogP contribution in [0.15, 0.2) is 23.2 Å². The van der Waals surface area contributed by atoms with Crippen molar-refractivity contribution in [3.8, 4) is 0 Å². The third kappa shape index (κ3) is 2.54. The van der Waals surface area contributed by atoms with Crippen LogP contribution in [0.1, 0.15) is 19.0 Å². The predicted octanol–water partition coefficient (Wildman–Crippen LogP) is 2.89. The molecule has 0 aromatic carbocycles. The second-order valence-corrected chi connectivity index (χ2v) is 3.57. The van der Waals surface area contributed by atoms with Gasteiger partial charge in [0.1, 0.15) is 0 Å². The van der Waals surface area contributed by atoms with Crippen LogP contribution in [0.25, 0.3) is 0 Å². The summed E-state index contributed by atoms with van der Waals surface area (Å²) in [6, 6.07) is 4.12. The van der Waals surface area contributed by atoms with Gasteiger partial charge < -0.3 is 0 Å². The Morgan fingerprint density at radius 3 is 3.00 bits per heavy atom. The molecular weight excluding hydrogens is 154 g/mol. The number of thioether (sulfide) groups is 1.